The van der Waals surface area contributed by atoms with Crippen molar-refractivity contribution >= 4 is 29.3 Å². The first-order valence-electron chi connectivity index (χ1n) is 5.02. The molecule has 0 radical (unpaired) electrons. The van der Waals surface area contributed by atoms with Gasteiger partial charge < -0.3 is 15.8 Å². The van der Waals surface area contributed by atoms with Gasteiger partial charge in [0.05, 0.1) is 17.7 Å². The van der Waals surface area contributed by atoms with Crippen LogP contribution in [0.3, 0.4) is 0 Å². The number of thioether (sulfide) groups is 1. The van der Waals surface area contributed by atoms with Gasteiger partial charge in [-0.1, -0.05) is 12.6 Å². The zero-order valence-corrected chi connectivity index (χ0v) is 11.0. The Bertz CT molecular complexity index is 500. The van der Waals surface area contributed by atoms with Crippen molar-refractivity contribution in [3.63, 3.8) is 0 Å². The molecule has 0 atom stereocenters. The number of hydrogen-bond donors (Lipinski definition) is 2. The lowest BCUT2D eigenvalue weighted by atomic mass is 10.1. The molecule has 0 saturated carbocycles. The fraction of sp³-hybridized carbons (Fsp3) is 0.167. The van der Waals surface area contributed by atoms with Gasteiger partial charge in [0.2, 0.25) is 0 Å². The third-order valence-electron chi connectivity index (χ3n) is 2.24. The van der Waals surface area contributed by atoms with E-state index in [4.69, 9.17) is 10.5 Å². The maximum Gasteiger partial charge on any atom is 0.261 e. The lowest BCUT2D eigenvalue weighted by Gasteiger charge is -2.12. The zero-order chi connectivity index (χ0) is 13.7. The predicted octanol–water partition coefficient (Wildman–Crippen LogP) is 1.61. The second-order valence-electron chi connectivity index (χ2n) is 3.33. The number of carbonyl (C=O) groups excluding carboxylic acids is 2. The fourth-order valence-corrected chi connectivity index (χ4v) is 1.58. The largest absolute Gasteiger partial charge is 0.496 e. The van der Waals surface area contributed by atoms with Crippen molar-refractivity contribution in [1.82, 2.24) is 0 Å². The van der Waals surface area contributed by atoms with E-state index >= 15 is 0 Å². The van der Waals surface area contributed by atoms with Crippen LogP contribution < -0.4 is 15.8 Å². The molecule has 2 amide bonds. The first kappa shape index (κ1) is 14.1. The average molecular weight is 266 g/mol. The number of rotatable bonds is 5. The SMILES string of the molecule is C=C(SC)C(=O)Nc1cccc(OC)c1C(N)=O. The molecule has 0 aliphatic carbocycles. The predicted molar refractivity (Wildman–Crippen MR) is 72.8 cm³/mol. The smallest absolute Gasteiger partial charge is 0.261 e. The normalized spacial score (nSPS) is 9.67. The first-order chi connectivity index (χ1) is 8.51. The minimum absolute atomic E-state index is 0.141. The van der Waals surface area contributed by atoms with Crippen molar-refractivity contribution in [2.45, 2.75) is 0 Å². The van der Waals surface area contributed by atoms with E-state index in [9.17, 15) is 9.59 Å². The highest BCUT2D eigenvalue weighted by Crippen LogP contribution is 2.26. The lowest BCUT2D eigenvalue weighted by molar-refractivity contribution is -0.112. The first-order valence-corrected chi connectivity index (χ1v) is 6.24. The Morgan fingerprint density at radius 3 is 2.61 bits per heavy atom. The topological polar surface area (TPSA) is 81.4 Å². The zero-order valence-electron chi connectivity index (χ0n) is 10.1. The molecule has 0 fully saturated rings. The Hall–Kier alpha value is -1.95. The molecule has 96 valence electrons. The maximum atomic E-state index is 11.7. The number of methoxy groups -OCH3 is 1. The quantitative estimate of drug-likeness (QED) is 0.793. The van der Waals surface area contributed by atoms with Crippen LogP contribution in [0, 0.1) is 0 Å². The van der Waals surface area contributed by atoms with Crippen LogP contribution in [0.15, 0.2) is 29.7 Å². The van der Waals surface area contributed by atoms with E-state index < -0.39 is 5.91 Å². The molecule has 18 heavy (non-hydrogen) atoms. The monoisotopic (exact) mass is 266 g/mol. The maximum absolute atomic E-state index is 11.7. The van der Waals surface area contributed by atoms with Gasteiger partial charge in [-0.2, -0.15) is 0 Å². The molecule has 0 heterocycles. The Morgan fingerprint density at radius 1 is 1.44 bits per heavy atom. The highest BCUT2D eigenvalue weighted by molar-refractivity contribution is 8.03. The van der Waals surface area contributed by atoms with Gasteiger partial charge in [0.1, 0.15) is 11.3 Å². The third-order valence-corrected chi connectivity index (χ3v) is 2.92. The second-order valence-corrected chi connectivity index (χ2v) is 4.23. The summed E-state index contributed by atoms with van der Waals surface area (Å²) in [6.07, 6.45) is 1.74. The fourth-order valence-electron chi connectivity index (χ4n) is 1.34. The number of carbonyl (C=O) groups is 2. The van der Waals surface area contributed by atoms with Crippen molar-refractivity contribution in [2.75, 3.05) is 18.7 Å². The van der Waals surface area contributed by atoms with Crippen LogP contribution >= 0.6 is 11.8 Å². The molecule has 0 aliphatic heterocycles. The van der Waals surface area contributed by atoms with Gasteiger partial charge in [-0.05, 0) is 18.4 Å². The van der Waals surface area contributed by atoms with E-state index in [0.29, 0.717) is 16.3 Å². The number of nitrogens with one attached hydrogen (secondary N) is 1. The Kier molecular flexibility index (Phi) is 4.79. The van der Waals surface area contributed by atoms with Crippen LogP contribution in [0.25, 0.3) is 0 Å². The number of nitrogens with two attached hydrogens (primary N) is 1. The van der Waals surface area contributed by atoms with Crippen LogP contribution in [0.5, 0.6) is 5.75 Å². The van der Waals surface area contributed by atoms with E-state index in [1.165, 1.54) is 18.9 Å². The summed E-state index contributed by atoms with van der Waals surface area (Å²) in [5.74, 6) is -0.731. The van der Waals surface area contributed by atoms with Crippen molar-refractivity contribution in [2.24, 2.45) is 5.73 Å². The van der Waals surface area contributed by atoms with E-state index in [-0.39, 0.29) is 11.5 Å². The molecular weight excluding hydrogens is 252 g/mol. The average Bonchev–Trinajstić information content (AvgIpc) is 2.36. The van der Waals surface area contributed by atoms with Gasteiger partial charge in [-0.15, -0.1) is 11.8 Å². The van der Waals surface area contributed by atoms with Crippen LogP contribution in [-0.4, -0.2) is 25.2 Å². The number of benzene rings is 1. The minimum Gasteiger partial charge on any atom is -0.496 e. The van der Waals surface area contributed by atoms with Gasteiger partial charge in [-0.3, -0.25) is 9.59 Å². The van der Waals surface area contributed by atoms with E-state index in [0.717, 1.165) is 0 Å². The standard InChI is InChI=1S/C12H14N2O3S/c1-7(18-3)12(16)14-8-5-4-6-9(17-2)10(8)11(13)15/h4-6H,1H2,2-3H3,(H2,13,15)(H,14,16). The summed E-state index contributed by atoms with van der Waals surface area (Å²) in [5, 5.41) is 2.58. The molecule has 6 heteroatoms. The van der Waals surface area contributed by atoms with Gasteiger partial charge in [0, 0.05) is 0 Å². The summed E-state index contributed by atoms with van der Waals surface area (Å²) in [6, 6.07) is 4.83. The number of amides is 2. The van der Waals surface area contributed by atoms with Crippen LogP contribution in [0.1, 0.15) is 10.4 Å². The van der Waals surface area contributed by atoms with Crippen molar-refractivity contribution < 1.29 is 14.3 Å². The van der Waals surface area contributed by atoms with E-state index in [1.54, 1.807) is 24.5 Å². The minimum atomic E-state index is -0.669. The van der Waals surface area contributed by atoms with Gasteiger partial charge >= 0.3 is 0 Å². The summed E-state index contributed by atoms with van der Waals surface area (Å²) in [6.45, 7) is 3.59. The lowest BCUT2D eigenvalue weighted by Crippen LogP contribution is -2.19. The molecule has 0 unspecified atom stereocenters. The Balaban J connectivity index is 3.13. The molecule has 1 aromatic rings. The van der Waals surface area contributed by atoms with Crippen LogP contribution in [0.4, 0.5) is 5.69 Å². The molecule has 0 saturated heterocycles. The molecule has 0 aliphatic rings. The molecular formula is C12H14N2O3S. The molecule has 3 N–H and O–H groups in total. The van der Waals surface area contributed by atoms with Crippen LogP contribution in [0.2, 0.25) is 0 Å². The van der Waals surface area contributed by atoms with Crippen LogP contribution in [-0.2, 0) is 4.79 Å². The third kappa shape index (κ3) is 3.04. The van der Waals surface area contributed by atoms with Crippen molar-refractivity contribution in [3.8, 4) is 5.75 Å². The number of ether oxygens (including phenoxy) is 1. The van der Waals surface area contributed by atoms with Gasteiger partial charge in [-0.25, -0.2) is 0 Å². The molecule has 0 spiro atoms. The van der Waals surface area contributed by atoms with E-state index in [2.05, 4.69) is 11.9 Å². The summed E-state index contributed by atoms with van der Waals surface area (Å²) in [5.41, 5.74) is 5.73. The number of primary amides is 1. The second kappa shape index (κ2) is 6.11. The Morgan fingerprint density at radius 2 is 2.11 bits per heavy atom. The number of anilines is 1. The van der Waals surface area contributed by atoms with Crippen molar-refractivity contribution in [3.05, 3.63) is 35.2 Å². The molecule has 1 rings (SSSR count). The highest BCUT2D eigenvalue weighted by atomic mass is 32.2. The highest BCUT2D eigenvalue weighted by Gasteiger charge is 2.16. The van der Waals surface area contributed by atoms with Gasteiger partial charge in [0.15, 0.2) is 0 Å². The molecule has 1 aromatic carbocycles. The summed E-state index contributed by atoms with van der Waals surface area (Å²) in [7, 11) is 1.42. The van der Waals surface area contributed by atoms with E-state index in [1.807, 2.05) is 0 Å². The summed E-state index contributed by atoms with van der Waals surface area (Å²) < 4.78 is 5.04. The Labute approximate surface area is 109 Å². The molecule has 0 bridgehead atoms. The molecule has 0 aromatic heterocycles. The summed E-state index contributed by atoms with van der Waals surface area (Å²) in [4.78, 5) is 23.4. The van der Waals surface area contributed by atoms with Crippen molar-refractivity contribution in [1.29, 1.82) is 0 Å². The van der Waals surface area contributed by atoms with Gasteiger partial charge in [0.25, 0.3) is 11.8 Å². The summed E-state index contributed by atoms with van der Waals surface area (Å²) >= 11 is 1.22. The molecule has 5 nitrogen and oxygen atoms in total. The number of hydrogen-bond acceptors (Lipinski definition) is 4.